The summed E-state index contributed by atoms with van der Waals surface area (Å²) >= 11 is 0. The molecule has 2 nitrogen and oxygen atoms in total. The van der Waals surface area contributed by atoms with Crippen LogP contribution in [0.5, 0.6) is 11.5 Å². The SMILES string of the molecule is COc1cccc(OC23CC4CC(CC(C4)C2)C3)c1. The number of rotatable bonds is 3. The van der Waals surface area contributed by atoms with Crippen molar-refractivity contribution in [3.05, 3.63) is 24.3 Å². The van der Waals surface area contributed by atoms with Crippen molar-refractivity contribution >= 4 is 0 Å². The molecule has 0 N–H and O–H groups in total. The van der Waals surface area contributed by atoms with Crippen molar-refractivity contribution in [3.8, 4) is 11.5 Å². The molecule has 4 saturated carbocycles. The average Bonchev–Trinajstić information content (AvgIpc) is 2.36. The van der Waals surface area contributed by atoms with E-state index >= 15 is 0 Å². The second-order valence-corrected chi connectivity index (χ2v) is 6.88. The zero-order chi connectivity index (χ0) is 12.9. The fraction of sp³-hybridized carbons (Fsp3) is 0.647. The van der Waals surface area contributed by atoms with Gasteiger partial charge in [0.2, 0.25) is 0 Å². The van der Waals surface area contributed by atoms with E-state index in [1.807, 2.05) is 18.2 Å². The summed E-state index contributed by atoms with van der Waals surface area (Å²) in [5.74, 6) is 4.66. The first-order chi connectivity index (χ1) is 9.25. The van der Waals surface area contributed by atoms with Crippen molar-refractivity contribution in [1.82, 2.24) is 0 Å². The van der Waals surface area contributed by atoms with E-state index in [4.69, 9.17) is 9.47 Å². The van der Waals surface area contributed by atoms with Crippen molar-refractivity contribution in [2.75, 3.05) is 7.11 Å². The van der Waals surface area contributed by atoms with Gasteiger partial charge in [-0.25, -0.2) is 0 Å². The minimum atomic E-state index is 0.140. The van der Waals surface area contributed by atoms with E-state index in [0.29, 0.717) is 0 Å². The van der Waals surface area contributed by atoms with Crippen LogP contribution in [0.2, 0.25) is 0 Å². The number of hydrogen-bond donors (Lipinski definition) is 0. The zero-order valence-corrected chi connectivity index (χ0v) is 11.6. The molecular weight excluding hydrogens is 236 g/mol. The molecule has 102 valence electrons. The summed E-state index contributed by atoms with van der Waals surface area (Å²) in [5, 5.41) is 0. The number of hydrogen-bond acceptors (Lipinski definition) is 2. The summed E-state index contributed by atoms with van der Waals surface area (Å²) < 4.78 is 11.8. The molecule has 2 heteroatoms. The van der Waals surface area contributed by atoms with Crippen molar-refractivity contribution in [3.63, 3.8) is 0 Å². The molecule has 19 heavy (non-hydrogen) atoms. The molecule has 4 bridgehead atoms. The summed E-state index contributed by atoms with van der Waals surface area (Å²) in [4.78, 5) is 0. The van der Waals surface area contributed by atoms with Gasteiger partial charge in [0.25, 0.3) is 0 Å². The molecule has 0 amide bonds. The summed E-state index contributed by atoms with van der Waals surface area (Å²) in [6, 6.07) is 8.10. The maximum absolute atomic E-state index is 6.48. The first-order valence-electron chi connectivity index (χ1n) is 7.58. The van der Waals surface area contributed by atoms with Crippen molar-refractivity contribution in [2.24, 2.45) is 17.8 Å². The lowest BCUT2D eigenvalue weighted by atomic mass is 9.54. The summed E-state index contributed by atoms with van der Waals surface area (Å²) in [6.07, 6.45) is 8.20. The van der Waals surface area contributed by atoms with Gasteiger partial charge in [0.05, 0.1) is 7.11 Å². The van der Waals surface area contributed by atoms with E-state index in [9.17, 15) is 0 Å². The van der Waals surface area contributed by atoms with Crippen LogP contribution in [0.15, 0.2) is 24.3 Å². The maximum Gasteiger partial charge on any atom is 0.123 e. The fourth-order valence-corrected chi connectivity index (χ4v) is 5.07. The Morgan fingerprint density at radius 3 is 2.11 bits per heavy atom. The van der Waals surface area contributed by atoms with Gasteiger partial charge in [-0.05, 0) is 68.4 Å². The van der Waals surface area contributed by atoms with Crippen LogP contribution >= 0.6 is 0 Å². The van der Waals surface area contributed by atoms with Crippen LogP contribution in [0, 0.1) is 17.8 Å². The Morgan fingerprint density at radius 2 is 1.53 bits per heavy atom. The molecule has 0 aliphatic heterocycles. The Morgan fingerprint density at radius 1 is 0.947 bits per heavy atom. The zero-order valence-electron chi connectivity index (χ0n) is 11.6. The first kappa shape index (κ1) is 11.6. The van der Waals surface area contributed by atoms with Gasteiger partial charge in [-0.15, -0.1) is 0 Å². The Bertz CT molecular complexity index is 445. The van der Waals surface area contributed by atoms with Crippen molar-refractivity contribution in [2.45, 2.75) is 44.1 Å². The summed E-state index contributed by atoms with van der Waals surface area (Å²) in [6.45, 7) is 0. The van der Waals surface area contributed by atoms with Crippen molar-refractivity contribution < 1.29 is 9.47 Å². The molecule has 4 aliphatic carbocycles. The first-order valence-corrected chi connectivity index (χ1v) is 7.58. The van der Waals surface area contributed by atoms with Crippen LogP contribution in [0.4, 0.5) is 0 Å². The van der Waals surface area contributed by atoms with Gasteiger partial charge in [0.15, 0.2) is 0 Å². The van der Waals surface area contributed by atoms with E-state index in [1.54, 1.807) is 7.11 Å². The largest absolute Gasteiger partial charge is 0.497 e. The van der Waals surface area contributed by atoms with Crippen LogP contribution in [-0.2, 0) is 0 Å². The van der Waals surface area contributed by atoms with Gasteiger partial charge in [0, 0.05) is 6.07 Å². The quantitative estimate of drug-likeness (QED) is 0.814. The average molecular weight is 258 g/mol. The predicted octanol–water partition coefficient (Wildman–Crippen LogP) is 4.04. The molecule has 0 radical (unpaired) electrons. The predicted molar refractivity (Wildman–Crippen MR) is 74.5 cm³/mol. The van der Waals surface area contributed by atoms with E-state index < -0.39 is 0 Å². The highest BCUT2D eigenvalue weighted by Gasteiger charge is 2.52. The highest BCUT2D eigenvalue weighted by molar-refractivity contribution is 5.33. The van der Waals surface area contributed by atoms with Gasteiger partial charge in [-0.1, -0.05) is 6.07 Å². The third-order valence-corrected chi connectivity index (χ3v) is 5.36. The molecule has 1 aromatic carbocycles. The molecule has 0 unspecified atom stereocenters. The van der Waals surface area contributed by atoms with Crippen LogP contribution in [0.25, 0.3) is 0 Å². The van der Waals surface area contributed by atoms with Gasteiger partial charge in [0.1, 0.15) is 17.1 Å². The van der Waals surface area contributed by atoms with Gasteiger partial charge in [-0.3, -0.25) is 0 Å². The second kappa shape index (κ2) is 4.16. The third kappa shape index (κ3) is 2.01. The van der Waals surface area contributed by atoms with E-state index in [1.165, 1.54) is 38.5 Å². The second-order valence-electron chi connectivity index (χ2n) is 6.88. The van der Waals surface area contributed by atoms with Gasteiger partial charge >= 0.3 is 0 Å². The van der Waals surface area contributed by atoms with E-state index in [0.717, 1.165) is 29.3 Å². The standard InChI is InChI=1S/C17H22O2/c1-18-15-3-2-4-16(8-15)19-17-9-12-5-13(10-17)7-14(6-12)11-17/h2-4,8,12-14H,5-7,9-11H2,1H3. The van der Waals surface area contributed by atoms with Crippen LogP contribution < -0.4 is 9.47 Å². The van der Waals surface area contributed by atoms with Crippen LogP contribution in [0.3, 0.4) is 0 Å². The molecule has 1 aromatic rings. The molecule has 0 saturated heterocycles. The lowest BCUT2D eigenvalue weighted by molar-refractivity contribution is -0.107. The lowest BCUT2D eigenvalue weighted by Crippen LogP contribution is -2.53. The molecular formula is C17H22O2. The van der Waals surface area contributed by atoms with Crippen LogP contribution in [-0.4, -0.2) is 12.7 Å². The summed E-state index contributed by atoms with van der Waals surface area (Å²) in [5.41, 5.74) is 0.140. The number of benzene rings is 1. The molecule has 0 atom stereocenters. The smallest absolute Gasteiger partial charge is 0.123 e. The van der Waals surface area contributed by atoms with E-state index in [-0.39, 0.29) is 5.60 Å². The van der Waals surface area contributed by atoms with Gasteiger partial charge < -0.3 is 9.47 Å². The molecule has 5 rings (SSSR count). The highest BCUT2D eigenvalue weighted by Crippen LogP contribution is 2.57. The molecule has 4 fully saturated rings. The Kier molecular flexibility index (Phi) is 2.54. The van der Waals surface area contributed by atoms with Crippen molar-refractivity contribution in [1.29, 1.82) is 0 Å². The highest BCUT2D eigenvalue weighted by atomic mass is 16.5. The molecule has 4 aliphatic rings. The molecule has 0 aromatic heterocycles. The Hall–Kier alpha value is -1.18. The number of methoxy groups -OCH3 is 1. The number of ether oxygens (including phenoxy) is 2. The minimum absolute atomic E-state index is 0.140. The molecule has 0 heterocycles. The third-order valence-electron chi connectivity index (χ3n) is 5.36. The topological polar surface area (TPSA) is 18.5 Å². The normalized spacial score (nSPS) is 39.3. The maximum atomic E-state index is 6.48. The Labute approximate surface area is 115 Å². The van der Waals surface area contributed by atoms with Gasteiger partial charge in [-0.2, -0.15) is 0 Å². The lowest BCUT2D eigenvalue weighted by Gasteiger charge is -2.56. The summed E-state index contributed by atoms with van der Waals surface area (Å²) in [7, 11) is 1.71. The monoisotopic (exact) mass is 258 g/mol. The van der Waals surface area contributed by atoms with E-state index in [2.05, 4.69) is 6.07 Å². The molecule has 0 spiro atoms. The Balaban J connectivity index is 1.58. The fourth-order valence-electron chi connectivity index (χ4n) is 5.07. The minimum Gasteiger partial charge on any atom is -0.497 e. The van der Waals surface area contributed by atoms with Crippen LogP contribution in [0.1, 0.15) is 38.5 Å².